The molecule has 0 aliphatic heterocycles. The van der Waals surface area contributed by atoms with E-state index in [1.165, 1.54) is 0 Å². The highest BCUT2D eigenvalue weighted by atomic mass is 19.1. The van der Waals surface area contributed by atoms with Crippen molar-refractivity contribution in [2.45, 2.75) is 0 Å². The average molecular weight is 166 g/mol. The lowest BCUT2D eigenvalue weighted by molar-refractivity contribution is 0.0689. The zero-order valence-corrected chi connectivity index (χ0v) is 5.78. The molecule has 5 heteroatoms. The molecule has 0 aliphatic rings. The molecule has 60 valence electrons. The predicted molar refractivity (Wildman–Crippen MR) is 35.9 cm³/mol. The van der Waals surface area contributed by atoms with Gasteiger partial charge in [-0.25, -0.2) is 9.78 Å². The molecule has 1 aromatic rings. The fourth-order valence-electron chi connectivity index (χ4n) is 0.671. The molecule has 0 unspecified atom stereocenters. The number of halogens is 1. The summed E-state index contributed by atoms with van der Waals surface area (Å²) in [4.78, 5) is 13.3. The molecule has 4 nitrogen and oxygen atoms in total. The molecule has 0 aliphatic carbocycles. The number of hydrogen-bond acceptors (Lipinski definition) is 3. The molecule has 0 aromatic carbocycles. The Balaban J connectivity index is 3.26. The predicted octanol–water partition coefficient (Wildman–Crippen LogP) is 0.791. The second-order valence-electron chi connectivity index (χ2n) is 1.98. The Morgan fingerprint density at radius 2 is 2.33 bits per heavy atom. The molecular formula is C7H3FN2O2. The fraction of sp³-hybridized carbons (Fsp3) is 0. The van der Waals surface area contributed by atoms with Crippen molar-refractivity contribution in [2.24, 2.45) is 0 Å². The normalized spacial score (nSPS) is 9.00. The van der Waals surface area contributed by atoms with Crippen LogP contribution in [0.5, 0.6) is 0 Å². The lowest BCUT2D eigenvalue weighted by Gasteiger charge is -1.93. The van der Waals surface area contributed by atoms with Crippen molar-refractivity contribution < 1.29 is 14.3 Å². The molecule has 0 atom stereocenters. The Morgan fingerprint density at radius 1 is 1.67 bits per heavy atom. The van der Waals surface area contributed by atoms with Gasteiger partial charge in [0.25, 0.3) is 0 Å². The van der Waals surface area contributed by atoms with Crippen LogP contribution < -0.4 is 0 Å². The third kappa shape index (κ3) is 1.55. The first-order chi connectivity index (χ1) is 5.63. The van der Waals surface area contributed by atoms with Gasteiger partial charge in [-0.15, -0.1) is 0 Å². The molecule has 1 aromatic heterocycles. The SMILES string of the molecule is N#Cc1cc(F)nc(C(=O)O)c1. The van der Waals surface area contributed by atoms with Crippen molar-refractivity contribution in [3.63, 3.8) is 0 Å². The summed E-state index contributed by atoms with van der Waals surface area (Å²) < 4.78 is 12.4. The van der Waals surface area contributed by atoms with Gasteiger partial charge in [-0.3, -0.25) is 0 Å². The summed E-state index contributed by atoms with van der Waals surface area (Å²) in [5.74, 6) is -2.32. The Morgan fingerprint density at radius 3 is 2.83 bits per heavy atom. The molecule has 0 spiro atoms. The van der Waals surface area contributed by atoms with Crippen LogP contribution >= 0.6 is 0 Å². The third-order valence-corrected chi connectivity index (χ3v) is 1.14. The van der Waals surface area contributed by atoms with Crippen molar-refractivity contribution in [3.05, 3.63) is 29.3 Å². The number of carboxylic acid groups (broad SMARTS) is 1. The van der Waals surface area contributed by atoms with E-state index in [0.29, 0.717) is 0 Å². The number of hydrogen-bond donors (Lipinski definition) is 1. The van der Waals surface area contributed by atoms with E-state index in [-0.39, 0.29) is 5.56 Å². The molecule has 0 fully saturated rings. The number of aromatic nitrogens is 1. The molecule has 0 saturated carbocycles. The largest absolute Gasteiger partial charge is 0.477 e. The van der Waals surface area contributed by atoms with Gasteiger partial charge in [-0.1, -0.05) is 0 Å². The van der Waals surface area contributed by atoms with Gasteiger partial charge in [0.2, 0.25) is 5.95 Å². The standard InChI is InChI=1S/C7H3FN2O2/c8-6-2-4(3-9)1-5(10-6)7(11)12/h1-2H,(H,11,12). The van der Waals surface area contributed by atoms with Crippen LogP contribution in [0, 0.1) is 17.3 Å². The van der Waals surface area contributed by atoms with Crippen LogP contribution in [0.15, 0.2) is 12.1 Å². The van der Waals surface area contributed by atoms with Crippen LogP contribution in [0.4, 0.5) is 4.39 Å². The minimum atomic E-state index is -1.36. The molecule has 1 rings (SSSR count). The zero-order chi connectivity index (χ0) is 9.14. The molecular weight excluding hydrogens is 163 g/mol. The number of aromatic carboxylic acids is 1. The summed E-state index contributed by atoms with van der Waals surface area (Å²) in [6.07, 6.45) is 0. The Hall–Kier alpha value is -1.96. The molecule has 0 radical (unpaired) electrons. The van der Waals surface area contributed by atoms with Gasteiger partial charge >= 0.3 is 5.97 Å². The lowest BCUT2D eigenvalue weighted by atomic mass is 10.2. The van der Waals surface area contributed by atoms with Crippen molar-refractivity contribution in [3.8, 4) is 6.07 Å². The van der Waals surface area contributed by atoms with Crippen LogP contribution in [0.3, 0.4) is 0 Å². The van der Waals surface area contributed by atoms with Crippen LogP contribution in [-0.4, -0.2) is 16.1 Å². The smallest absolute Gasteiger partial charge is 0.354 e. The maximum atomic E-state index is 12.4. The molecule has 12 heavy (non-hydrogen) atoms. The van der Waals surface area contributed by atoms with E-state index in [1.54, 1.807) is 6.07 Å². The highest BCUT2D eigenvalue weighted by Crippen LogP contribution is 2.03. The second-order valence-corrected chi connectivity index (χ2v) is 1.98. The van der Waals surface area contributed by atoms with Crippen LogP contribution in [0.1, 0.15) is 16.1 Å². The van der Waals surface area contributed by atoms with E-state index < -0.39 is 17.6 Å². The van der Waals surface area contributed by atoms with E-state index in [2.05, 4.69) is 4.98 Å². The van der Waals surface area contributed by atoms with E-state index >= 15 is 0 Å². The molecule has 0 amide bonds. The average Bonchev–Trinajstić information content (AvgIpc) is 2.03. The fourth-order valence-corrected chi connectivity index (χ4v) is 0.671. The summed E-state index contributed by atoms with van der Waals surface area (Å²) in [7, 11) is 0. The molecule has 0 saturated heterocycles. The first-order valence-corrected chi connectivity index (χ1v) is 2.94. The molecule has 1 heterocycles. The number of pyridine rings is 1. The maximum Gasteiger partial charge on any atom is 0.354 e. The number of carbonyl (C=O) groups is 1. The Kier molecular flexibility index (Phi) is 2.01. The van der Waals surface area contributed by atoms with Crippen LogP contribution in [0.25, 0.3) is 0 Å². The first kappa shape index (κ1) is 8.14. The number of rotatable bonds is 1. The summed E-state index contributed by atoms with van der Waals surface area (Å²) >= 11 is 0. The van der Waals surface area contributed by atoms with Crippen LogP contribution in [-0.2, 0) is 0 Å². The van der Waals surface area contributed by atoms with Gasteiger partial charge in [0.05, 0.1) is 11.6 Å². The van der Waals surface area contributed by atoms with E-state index in [1.807, 2.05) is 0 Å². The van der Waals surface area contributed by atoms with Crippen molar-refractivity contribution in [1.82, 2.24) is 4.98 Å². The number of nitriles is 1. The van der Waals surface area contributed by atoms with Crippen LogP contribution in [0.2, 0.25) is 0 Å². The van der Waals surface area contributed by atoms with Gasteiger partial charge < -0.3 is 5.11 Å². The first-order valence-electron chi connectivity index (χ1n) is 2.94. The van der Waals surface area contributed by atoms with E-state index in [9.17, 15) is 9.18 Å². The second kappa shape index (κ2) is 2.96. The minimum absolute atomic E-state index is 0.0556. The quantitative estimate of drug-likeness (QED) is 0.626. The van der Waals surface area contributed by atoms with Gasteiger partial charge in [0.15, 0.2) is 5.69 Å². The lowest BCUT2D eigenvalue weighted by Crippen LogP contribution is -2.02. The van der Waals surface area contributed by atoms with Gasteiger partial charge in [-0.05, 0) is 6.07 Å². The van der Waals surface area contributed by atoms with Crippen molar-refractivity contribution >= 4 is 5.97 Å². The Bertz CT molecular complexity index is 370. The monoisotopic (exact) mass is 166 g/mol. The van der Waals surface area contributed by atoms with Gasteiger partial charge in [0.1, 0.15) is 0 Å². The van der Waals surface area contributed by atoms with Gasteiger partial charge in [-0.2, -0.15) is 9.65 Å². The maximum absolute atomic E-state index is 12.4. The zero-order valence-electron chi connectivity index (χ0n) is 5.78. The Labute approximate surface area is 66.9 Å². The number of carboxylic acids is 1. The summed E-state index contributed by atoms with van der Waals surface area (Å²) in [6.45, 7) is 0. The van der Waals surface area contributed by atoms with Gasteiger partial charge in [0, 0.05) is 6.07 Å². The molecule has 1 N–H and O–H groups in total. The van der Waals surface area contributed by atoms with E-state index in [4.69, 9.17) is 10.4 Å². The van der Waals surface area contributed by atoms with Crippen molar-refractivity contribution in [1.29, 1.82) is 5.26 Å². The summed E-state index contributed by atoms with van der Waals surface area (Å²) in [6, 6.07) is 3.49. The van der Waals surface area contributed by atoms with Crippen molar-refractivity contribution in [2.75, 3.05) is 0 Å². The summed E-state index contributed by atoms with van der Waals surface area (Å²) in [5.41, 5.74) is -0.522. The highest BCUT2D eigenvalue weighted by Gasteiger charge is 2.07. The molecule has 0 bridgehead atoms. The minimum Gasteiger partial charge on any atom is -0.477 e. The highest BCUT2D eigenvalue weighted by molar-refractivity contribution is 5.85. The third-order valence-electron chi connectivity index (χ3n) is 1.14. The number of nitrogens with zero attached hydrogens (tertiary/aromatic N) is 2. The van der Waals surface area contributed by atoms with E-state index in [0.717, 1.165) is 12.1 Å². The topological polar surface area (TPSA) is 74.0 Å². The summed E-state index contributed by atoms with van der Waals surface area (Å²) in [5, 5.41) is 16.7.